The summed E-state index contributed by atoms with van der Waals surface area (Å²) in [7, 11) is 1.48. The van der Waals surface area contributed by atoms with Crippen molar-refractivity contribution < 1.29 is 14.1 Å². The third kappa shape index (κ3) is 2.54. The molecule has 0 N–H and O–H groups in total. The van der Waals surface area contributed by atoms with Crippen molar-refractivity contribution in [1.29, 1.82) is 0 Å². The van der Waals surface area contributed by atoms with Crippen LogP contribution in [-0.2, 0) is 9.53 Å². The van der Waals surface area contributed by atoms with Gasteiger partial charge in [0.1, 0.15) is 5.69 Å². The summed E-state index contributed by atoms with van der Waals surface area (Å²) in [5.74, 6) is 1.11. The third-order valence-electron chi connectivity index (χ3n) is 5.00. The number of carbonyl (C=O) groups is 1. The molecule has 22 heavy (non-hydrogen) atoms. The highest BCUT2D eigenvalue weighted by Crippen LogP contribution is 2.41. The Morgan fingerprint density at radius 3 is 3.09 bits per heavy atom. The van der Waals surface area contributed by atoms with Gasteiger partial charge in [0.25, 0.3) is 0 Å². The number of fused-ring (bicyclic) bond motifs is 1. The van der Waals surface area contributed by atoms with Gasteiger partial charge < -0.3 is 14.2 Å². The standard InChI is InChI=1S/C16H20N2O3S/c1-20-16(19)12-8-11(12)9-18-5-2-10(3-6-18)14-15-13(21-17-14)4-7-22-15/h4,7,10-12H,2-3,5-6,8-9H2,1H3/t11-,12+/m0/s1. The van der Waals surface area contributed by atoms with E-state index < -0.39 is 0 Å². The number of likely N-dealkylation sites (tertiary alicyclic amines) is 1. The number of hydrogen-bond donors (Lipinski definition) is 0. The summed E-state index contributed by atoms with van der Waals surface area (Å²) in [6, 6.07) is 1.99. The Bertz CT molecular complexity index is 672. The van der Waals surface area contributed by atoms with E-state index in [1.165, 1.54) is 11.8 Å². The molecule has 118 valence electrons. The summed E-state index contributed by atoms with van der Waals surface area (Å²) in [4.78, 5) is 14.0. The van der Waals surface area contributed by atoms with Gasteiger partial charge in [-0.25, -0.2) is 0 Å². The van der Waals surface area contributed by atoms with Gasteiger partial charge in [0.05, 0.1) is 17.7 Å². The molecular weight excluding hydrogens is 300 g/mol. The third-order valence-corrected chi connectivity index (χ3v) is 5.92. The second-order valence-corrected chi connectivity index (χ2v) is 7.30. The number of nitrogens with zero attached hydrogens (tertiary/aromatic N) is 2. The van der Waals surface area contributed by atoms with Gasteiger partial charge in [0.15, 0.2) is 5.58 Å². The zero-order chi connectivity index (χ0) is 15.1. The molecule has 0 unspecified atom stereocenters. The van der Waals surface area contributed by atoms with Crippen LogP contribution in [0.4, 0.5) is 0 Å². The van der Waals surface area contributed by atoms with Crippen LogP contribution in [0, 0.1) is 11.8 Å². The average Bonchev–Trinajstić information content (AvgIpc) is 2.96. The molecule has 1 aliphatic heterocycles. The molecular formula is C16H20N2O3S. The summed E-state index contributed by atoms with van der Waals surface area (Å²) in [6.45, 7) is 3.18. The topological polar surface area (TPSA) is 55.6 Å². The van der Waals surface area contributed by atoms with Crippen molar-refractivity contribution in [3.8, 4) is 0 Å². The lowest BCUT2D eigenvalue weighted by atomic mass is 9.93. The predicted octanol–water partition coefficient (Wildman–Crippen LogP) is 2.88. The van der Waals surface area contributed by atoms with Crippen molar-refractivity contribution in [2.24, 2.45) is 11.8 Å². The number of hydrogen-bond acceptors (Lipinski definition) is 6. The highest BCUT2D eigenvalue weighted by Gasteiger charge is 2.44. The molecule has 6 heteroatoms. The molecule has 3 heterocycles. The molecule has 0 spiro atoms. The molecule has 1 aliphatic carbocycles. The van der Waals surface area contributed by atoms with Gasteiger partial charge in [-0.3, -0.25) is 4.79 Å². The van der Waals surface area contributed by atoms with Gasteiger partial charge >= 0.3 is 5.97 Å². The van der Waals surface area contributed by atoms with Gasteiger partial charge in [-0.1, -0.05) is 5.16 Å². The first-order chi connectivity index (χ1) is 10.8. The van der Waals surface area contributed by atoms with Crippen LogP contribution in [0.3, 0.4) is 0 Å². The summed E-state index contributed by atoms with van der Waals surface area (Å²) in [5.41, 5.74) is 2.06. The van der Waals surface area contributed by atoms with E-state index in [9.17, 15) is 4.79 Å². The highest BCUT2D eigenvalue weighted by molar-refractivity contribution is 7.17. The molecule has 5 nitrogen and oxygen atoms in total. The second-order valence-electron chi connectivity index (χ2n) is 6.38. The molecule has 2 aromatic heterocycles. The molecule has 2 aromatic rings. The SMILES string of the molecule is COC(=O)[C@@H]1C[C@H]1CN1CCC(c2noc3ccsc23)CC1. The van der Waals surface area contributed by atoms with Crippen LogP contribution in [-0.4, -0.2) is 42.8 Å². The Morgan fingerprint density at radius 1 is 1.50 bits per heavy atom. The minimum absolute atomic E-state index is 0.0393. The van der Waals surface area contributed by atoms with Crippen LogP contribution in [0.15, 0.2) is 16.0 Å². The number of carbonyl (C=O) groups excluding carboxylic acids is 1. The average molecular weight is 320 g/mol. The Kier molecular flexibility index (Phi) is 3.66. The monoisotopic (exact) mass is 320 g/mol. The summed E-state index contributed by atoms with van der Waals surface area (Å²) in [5, 5.41) is 6.34. The number of ether oxygens (including phenoxy) is 1. The molecule has 1 saturated carbocycles. The number of aromatic nitrogens is 1. The van der Waals surface area contributed by atoms with E-state index in [-0.39, 0.29) is 11.9 Å². The minimum atomic E-state index is -0.0393. The number of piperidine rings is 1. The zero-order valence-corrected chi connectivity index (χ0v) is 13.5. The Balaban J connectivity index is 1.32. The van der Waals surface area contributed by atoms with E-state index in [1.807, 2.05) is 6.07 Å². The van der Waals surface area contributed by atoms with Crippen LogP contribution in [0.2, 0.25) is 0 Å². The number of rotatable bonds is 4. The Morgan fingerprint density at radius 2 is 2.32 bits per heavy atom. The predicted molar refractivity (Wildman–Crippen MR) is 83.9 cm³/mol. The molecule has 0 amide bonds. The van der Waals surface area contributed by atoms with Crippen molar-refractivity contribution in [2.75, 3.05) is 26.7 Å². The maximum absolute atomic E-state index is 11.5. The fourth-order valence-corrected chi connectivity index (χ4v) is 4.44. The smallest absolute Gasteiger partial charge is 0.308 e. The summed E-state index contributed by atoms with van der Waals surface area (Å²) >= 11 is 1.72. The zero-order valence-electron chi connectivity index (χ0n) is 12.7. The molecule has 2 fully saturated rings. The summed E-state index contributed by atoms with van der Waals surface area (Å²) in [6.07, 6.45) is 3.23. The largest absolute Gasteiger partial charge is 0.469 e. The Hall–Kier alpha value is -1.40. The number of esters is 1. The minimum Gasteiger partial charge on any atom is -0.469 e. The van der Waals surface area contributed by atoms with Crippen LogP contribution in [0.1, 0.15) is 30.9 Å². The maximum Gasteiger partial charge on any atom is 0.308 e. The van der Waals surface area contributed by atoms with Crippen molar-refractivity contribution in [1.82, 2.24) is 10.1 Å². The number of thiophene rings is 1. The van der Waals surface area contributed by atoms with Gasteiger partial charge in [-0.05, 0) is 49.7 Å². The summed E-state index contributed by atoms with van der Waals surface area (Å²) < 4.78 is 11.4. The van der Waals surface area contributed by atoms with E-state index in [4.69, 9.17) is 9.26 Å². The maximum atomic E-state index is 11.5. The lowest BCUT2D eigenvalue weighted by molar-refractivity contribution is -0.142. The van der Waals surface area contributed by atoms with Crippen molar-refractivity contribution in [3.05, 3.63) is 17.1 Å². The van der Waals surface area contributed by atoms with Crippen molar-refractivity contribution in [3.63, 3.8) is 0 Å². The van der Waals surface area contributed by atoms with Gasteiger partial charge in [-0.15, -0.1) is 11.3 Å². The fourth-order valence-electron chi connectivity index (χ4n) is 3.57. The molecule has 2 atom stereocenters. The quantitative estimate of drug-likeness (QED) is 0.811. The van der Waals surface area contributed by atoms with Gasteiger partial charge in [-0.2, -0.15) is 0 Å². The molecule has 2 aliphatic rings. The van der Waals surface area contributed by atoms with E-state index in [0.717, 1.165) is 50.2 Å². The normalized spacial score (nSPS) is 26.4. The van der Waals surface area contributed by atoms with Crippen molar-refractivity contribution >= 4 is 27.6 Å². The first kappa shape index (κ1) is 14.2. The van der Waals surface area contributed by atoms with Crippen LogP contribution < -0.4 is 0 Å². The highest BCUT2D eigenvalue weighted by atomic mass is 32.1. The van der Waals surface area contributed by atoms with Crippen LogP contribution in [0.5, 0.6) is 0 Å². The van der Waals surface area contributed by atoms with E-state index in [1.54, 1.807) is 11.3 Å². The number of methoxy groups -OCH3 is 1. The fraction of sp³-hybridized carbons (Fsp3) is 0.625. The second kappa shape index (κ2) is 5.66. The van der Waals surface area contributed by atoms with E-state index in [2.05, 4.69) is 15.4 Å². The van der Waals surface area contributed by atoms with Crippen LogP contribution in [0.25, 0.3) is 10.3 Å². The van der Waals surface area contributed by atoms with Gasteiger partial charge in [0.2, 0.25) is 0 Å². The molecule has 0 radical (unpaired) electrons. The van der Waals surface area contributed by atoms with Crippen LogP contribution >= 0.6 is 11.3 Å². The molecule has 4 rings (SSSR count). The first-order valence-corrected chi connectivity index (χ1v) is 8.77. The lowest BCUT2D eigenvalue weighted by Crippen LogP contribution is -2.35. The van der Waals surface area contributed by atoms with E-state index >= 15 is 0 Å². The van der Waals surface area contributed by atoms with Gasteiger partial charge in [0, 0.05) is 12.5 Å². The van der Waals surface area contributed by atoms with E-state index in [0.29, 0.717) is 11.8 Å². The lowest BCUT2D eigenvalue weighted by Gasteiger charge is -2.31. The Labute approximate surface area is 133 Å². The first-order valence-electron chi connectivity index (χ1n) is 7.89. The molecule has 0 bridgehead atoms. The molecule has 0 aromatic carbocycles. The van der Waals surface area contributed by atoms with Crippen molar-refractivity contribution in [2.45, 2.75) is 25.2 Å². The molecule has 1 saturated heterocycles.